The number of Topliss-reactive ketones (excluding diaryl/α,β-unsaturated/α-hetero) is 1. The van der Waals surface area contributed by atoms with Gasteiger partial charge in [0.05, 0.1) is 6.54 Å². The van der Waals surface area contributed by atoms with Crippen LogP contribution in [0.15, 0.2) is 5.38 Å². The van der Waals surface area contributed by atoms with Crippen LogP contribution in [0.2, 0.25) is 0 Å². The summed E-state index contributed by atoms with van der Waals surface area (Å²) in [6.45, 7) is 1.76. The number of nitrogens with zero attached hydrogens (tertiary/aromatic N) is 1. The Hall–Kier alpha value is -1.27. The minimum atomic E-state index is -0.114. The molecule has 1 amide bonds. The van der Waals surface area contributed by atoms with Crippen LogP contribution in [0, 0.1) is 0 Å². The van der Waals surface area contributed by atoms with Crippen LogP contribution in [0.3, 0.4) is 0 Å². The molecule has 1 aromatic heterocycles. The van der Waals surface area contributed by atoms with E-state index in [0.29, 0.717) is 23.4 Å². The number of nitrogens with one attached hydrogen (secondary N) is 2. The SMILES string of the molecule is CC(=O)c1csc(NC(=O)CNC2CC2)n1. The quantitative estimate of drug-likeness (QED) is 0.753. The van der Waals surface area contributed by atoms with Crippen LogP contribution in [0.25, 0.3) is 0 Å². The van der Waals surface area contributed by atoms with E-state index in [-0.39, 0.29) is 11.7 Å². The predicted molar refractivity (Wildman–Crippen MR) is 61.8 cm³/mol. The van der Waals surface area contributed by atoms with Gasteiger partial charge in [0, 0.05) is 18.3 Å². The number of thiazole rings is 1. The number of ketones is 1. The van der Waals surface area contributed by atoms with E-state index in [0.717, 1.165) is 12.8 Å². The molecule has 6 heteroatoms. The molecule has 1 aromatic rings. The van der Waals surface area contributed by atoms with Crippen molar-refractivity contribution in [2.45, 2.75) is 25.8 Å². The van der Waals surface area contributed by atoms with E-state index in [2.05, 4.69) is 15.6 Å². The second kappa shape index (κ2) is 4.71. The maximum Gasteiger partial charge on any atom is 0.240 e. The van der Waals surface area contributed by atoms with Crippen molar-refractivity contribution >= 4 is 28.2 Å². The van der Waals surface area contributed by atoms with Gasteiger partial charge in [0.15, 0.2) is 10.9 Å². The van der Waals surface area contributed by atoms with Crippen molar-refractivity contribution < 1.29 is 9.59 Å². The molecule has 0 radical (unpaired) electrons. The molecule has 0 bridgehead atoms. The van der Waals surface area contributed by atoms with Gasteiger partial charge >= 0.3 is 0 Å². The Morgan fingerprint density at radius 2 is 2.31 bits per heavy atom. The Balaban J connectivity index is 1.82. The Morgan fingerprint density at radius 3 is 2.88 bits per heavy atom. The maximum atomic E-state index is 11.4. The summed E-state index contributed by atoms with van der Waals surface area (Å²) in [5.41, 5.74) is 0.399. The van der Waals surface area contributed by atoms with Crippen LogP contribution >= 0.6 is 11.3 Å². The minimum Gasteiger partial charge on any atom is -0.306 e. The fraction of sp³-hybridized carbons (Fsp3) is 0.500. The number of anilines is 1. The Morgan fingerprint density at radius 1 is 1.56 bits per heavy atom. The molecule has 0 saturated heterocycles. The van der Waals surface area contributed by atoms with Gasteiger partial charge in [-0.2, -0.15) is 0 Å². The summed E-state index contributed by atoms with van der Waals surface area (Å²) in [6, 6.07) is 0.509. The van der Waals surface area contributed by atoms with Crippen molar-refractivity contribution in [1.29, 1.82) is 0 Å². The average molecular weight is 239 g/mol. The van der Waals surface area contributed by atoms with Gasteiger partial charge in [0.1, 0.15) is 5.69 Å². The summed E-state index contributed by atoms with van der Waals surface area (Å²) < 4.78 is 0. The minimum absolute atomic E-state index is 0.0899. The molecule has 86 valence electrons. The zero-order valence-electron chi connectivity index (χ0n) is 8.95. The van der Waals surface area contributed by atoms with Crippen LogP contribution in [0.1, 0.15) is 30.3 Å². The van der Waals surface area contributed by atoms with Crippen molar-refractivity contribution in [3.05, 3.63) is 11.1 Å². The van der Waals surface area contributed by atoms with Crippen molar-refractivity contribution in [1.82, 2.24) is 10.3 Å². The van der Waals surface area contributed by atoms with Crippen molar-refractivity contribution in [2.24, 2.45) is 0 Å². The summed E-state index contributed by atoms with van der Waals surface area (Å²) in [4.78, 5) is 26.4. The first kappa shape index (κ1) is 11.2. The van der Waals surface area contributed by atoms with Gasteiger partial charge in [0.25, 0.3) is 0 Å². The van der Waals surface area contributed by atoms with Gasteiger partial charge < -0.3 is 10.6 Å². The van der Waals surface area contributed by atoms with Crippen molar-refractivity contribution in [2.75, 3.05) is 11.9 Å². The summed E-state index contributed by atoms with van der Waals surface area (Å²) in [7, 11) is 0. The van der Waals surface area contributed by atoms with Gasteiger partial charge in [-0.3, -0.25) is 9.59 Å². The molecule has 5 nitrogen and oxygen atoms in total. The normalized spacial score (nSPS) is 14.8. The van der Waals surface area contributed by atoms with E-state index in [1.54, 1.807) is 5.38 Å². The highest BCUT2D eigenvalue weighted by atomic mass is 32.1. The van der Waals surface area contributed by atoms with Crippen molar-refractivity contribution in [3.8, 4) is 0 Å². The lowest BCUT2D eigenvalue weighted by atomic mass is 10.4. The number of amides is 1. The van der Waals surface area contributed by atoms with E-state index in [1.165, 1.54) is 18.3 Å². The van der Waals surface area contributed by atoms with Gasteiger partial charge in [-0.15, -0.1) is 11.3 Å². The number of hydrogen-bond acceptors (Lipinski definition) is 5. The van der Waals surface area contributed by atoms with Crippen molar-refractivity contribution in [3.63, 3.8) is 0 Å². The standard InChI is InChI=1S/C10H13N3O2S/c1-6(14)8-5-16-10(12-8)13-9(15)4-11-7-2-3-7/h5,7,11H,2-4H2,1H3,(H,12,13,15). The number of aromatic nitrogens is 1. The van der Waals surface area contributed by atoms with E-state index >= 15 is 0 Å². The Kier molecular flexibility index (Phi) is 3.31. The summed E-state index contributed by atoms with van der Waals surface area (Å²) in [5.74, 6) is -0.204. The van der Waals surface area contributed by atoms with E-state index in [1.807, 2.05) is 0 Å². The van der Waals surface area contributed by atoms with Gasteiger partial charge in [0.2, 0.25) is 5.91 Å². The molecule has 0 spiro atoms. The molecule has 1 fully saturated rings. The summed E-state index contributed by atoms with van der Waals surface area (Å²) in [6.07, 6.45) is 2.30. The number of rotatable bonds is 5. The molecule has 1 heterocycles. The third-order valence-corrected chi connectivity index (χ3v) is 3.00. The summed E-state index contributed by atoms with van der Waals surface area (Å²) >= 11 is 1.26. The zero-order chi connectivity index (χ0) is 11.5. The molecule has 0 aromatic carbocycles. The number of carbonyl (C=O) groups excluding carboxylic acids is 2. The third kappa shape index (κ3) is 3.11. The Labute approximate surface area is 97.3 Å². The Bertz CT molecular complexity index is 412. The third-order valence-electron chi connectivity index (χ3n) is 2.24. The topological polar surface area (TPSA) is 71.1 Å². The fourth-order valence-electron chi connectivity index (χ4n) is 1.18. The fourth-order valence-corrected chi connectivity index (χ4v) is 1.95. The number of carbonyl (C=O) groups is 2. The van der Waals surface area contributed by atoms with Gasteiger partial charge in [-0.25, -0.2) is 4.98 Å². The molecule has 1 aliphatic rings. The first-order valence-corrected chi connectivity index (χ1v) is 6.03. The van der Waals surface area contributed by atoms with E-state index in [4.69, 9.17) is 0 Å². The lowest BCUT2D eigenvalue weighted by Gasteiger charge is -2.01. The number of hydrogen-bond donors (Lipinski definition) is 2. The largest absolute Gasteiger partial charge is 0.306 e. The molecule has 0 unspecified atom stereocenters. The smallest absolute Gasteiger partial charge is 0.240 e. The maximum absolute atomic E-state index is 11.4. The van der Waals surface area contributed by atoms with Gasteiger partial charge in [-0.05, 0) is 12.8 Å². The highest BCUT2D eigenvalue weighted by Gasteiger charge is 2.21. The van der Waals surface area contributed by atoms with E-state index < -0.39 is 0 Å². The molecule has 16 heavy (non-hydrogen) atoms. The van der Waals surface area contributed by atoms with Crippen LogP contribution in [0.5, 0.6) is 0 Å². The lowest BCUT2D eigenvalue weighted by Crippen LogP contribution is -2.29. The van der Waals surface area contributed by atoms with Crippen LogP contribution in [-0.2, 0) is 4.79 Å². The molecule has 0 aliphatic heterocycles. The lowest BCUT2D eigenvalue weighted by molar-refractivity contribution is -0.115. The zero-order valence-corrected chi connectivity index (χ0v) is 9.76. The molecule has 0 atom stereocenters. The van der Waals surface area contributed by atoms with E-state index in [9.17, 15) is 9.59 Å². The molecule has 2 rings (SSSR count). The predicted octanol–water partition coefficient (Wildman–Crippen LogP) is 1.04. The highest BCUT2D eigenvalue weighted by molar-refractivity contribution is 7.14. The first-order valence-electron chi connectivity index (χ1n) is 5.15. The van der Waals surface area contributed by atoms with Crippen LogP contribution < -0.4 is 10.6 Å². The first-order chi connectivity index (χ1) is 7.65. The molecule has 2 N–H and O–H groups in total. The second-order valence-electron chi connectivity index (χ2n) is 3.80. The van der Waals surface area contributed by atoms with Crippen LogP contribution in [-0.4, -0.2) is 29.3 Å². The van der Waals surface area contributed by atoms with Gasteiger partial charge in [-0.1, -0.05) is 0 Å². The molecular formula is C10H13N3O2S. The molecular weight excluding hydrogens is 226 g/mol. The average Bonchev–Trinajstić information content (AvgIpc) is 2.95. The molecule has 1 saturated carbocycles. The molecule has 1 aliphatic carbocycles. The summed E-state index contributed by atoms with van der Waals surface area (Å²) in [5, 5.41) is 7.88. The monoisotopic (exact) mass is 239 g/mol. The highest BCUT2D eigenvalue weighted by Crippen LogP contribution is 2.18. The second-order valence-corrected chi connectivity index (χ2v) is 4.66. The van der Waals surface area contributed by atoms with Crippen LogP contribution in [0.4, 0.5) is 5.13 Å².